The van der Waals surface area contributed by atoms with Crippen molar-refractivity contribution < 1.29 is 39.5 Å². The summed E-state index contributed by atoms with van der Waals surface area (Å²) in [5.41, 5.74) is -8.90. The number of hydrogen-bond donors (Lipinski definition) is 0. The zero-order chi connectivity index (χ0) is 23.1. The normalized spacial score (nSPS) is 14.9. The maximum absolute atomic E-state index is 15.2. The molecule has 0 fully saturated rings. The molecule has 0 saturated carbocycles. The molecule has 1 unspecified atom stereocenters. The fraction of sp³-hybridized carbons (Fsp3) is 0.316. The molecule has 0 aliphatic carbocycles. The molecule has 11 heteroatoms. The van der Waals surface area contributed by atoms with Gasteiger partial charge in [-0.2, -0.15) is 40.4 Å². The quantitative estimate of drug-likeness (QED) is 0.289. The number of nitrogens with zero attached hydrogens (tertiary/aromatic N) is 1. The van der Waals surface area contributed by atoms with Gasteiger partial charge in [-0.1, -0.05) is 25.1 Å². The Balaban J connectivity index is 3.01. The summed E-state index contributed by atoms with van der Waals surface area (Å²) in [4.78, 5) is 0. The summed E-state index contributed by atoms with van der Waals surface area (Å²) in [6, 6.07) is 7.71. The molecule has 0 N–H and O–H groups in total. The van der Waals surface area contributed by atoms with Gasteiger partial charge in [0, 0.05) is 14.7 Å². The summed E-state index contributed by atoms with van der Waals surface area (Å²) in [5.74, 6) is -6.77. The molecule has 30 heavy (non-hydrogen) atoms. The number of alkyl halides is 9. The Morgan fingerprint density at radius 2 is 1.40 bits per heavy atom. The van der Waals surface area contributed by atoms with Crippen LogP contribution in [0.3, 0.4) is 0 Å². The first-order valence-corrected chi connectivity index (χ1v) is 9.23. The second-order valence-electron chi connectivity index (χ2n) is 6.27. The minimum atomic E-state index is -6.81. The van der Waals surface area contributed by atoms with Crippen molar-refractivity contribution in [2.45, 2.75) is 37.3 Å². The van der Waals surface area contributed by atoms with Crippen molar-refractivity contribution in [3.63, 3.8) is 0 Å². The zero-order valence-electron chi connectivity index (χ0n) is 14.9. The van der Waals surface area contributed by atoms with E-state index in [9.17, 15) is 35.1 Å². The van der Waals surface area contributed by atoms with Gasteiger partial charge in [0.2, 0.25) is 0 Å². The van der Waals surface area contributed by atoms with E-state index in [1.807, 2.05) is 0 Å². The molecule has 2 aromatic carbocycles. The fourth-order valence-electron chi connectivity index (χ4n) is 2.84. The summed E-state index contributed by atoms with van der Waals surface area (Å²) in [5, 5.41) is 8.82. The number of nitriles is 1. The fourth-order valence-corrected chi connectivity index (χ4v) is 3.84. The Labute approximate surface area is 178 Å². The van der Waals surface area contributed by atoms with E-state index in [2.05, 4.69) is 0 Å². The van der Waals surface area contributed by atoms with Crippen molar-refractivity contribution in [3.05, 3.63) is 56.7 Å². The van der Waals surface area contributed by atoms with E-state index in [-0.39, 0.29) is 26.7 Å². The predicted octanol–water partition coefficient (Wildman–Crippen LogP) is 7.32. The maximum atomic E-state index is 15.2. The topological polar surface area (TPSA) is 23.8 Å². The van der Waals surface area contributed by atoms with Gasteiger partial charge < -0.3 is 0 Å². The number of benzene rings is 2. The third-order valence-electron chi connectivity index (χ3n) is 4.41. The molecule has 0 heterocycles. The van der Waals surface area contributed by atoms with Crippen LogP contribution < -0.4 is 0 Å². The summed E-state index contributed by atoms with van der Waals surface area (Å²) in [6.07, 6.45) is -13.4. The second-order valence-corrected chi connectivity index (χ2v) is 7.43. The summed E-state index contributed by atoms with van der Waals surface area (Å²) in [7, 11) is 0. The second kappa shape index (κ2) is 7.94. The molecule has 162 valence electrons. The predicted molar refractivity (Wildman–Crippen MR) is 98.5 cm³/mol. The molecule has 0 aliphatic heterocycles. The molecule has 0 bridgehead atoms. The van der Waals surface area contributed by atoms with Crippen LogP contribution in [0.25, 0.3) is 11.1 Å². The SMILES string of the molecule is CCc1cc(I)c(-c2ccc(C#N)cc2)c(C(F)(C(F)(F)F)C(F)(F)C(F)(F)F)c1. The Morgan fingerprint density at radius 1 is 0.867 bits per heavy atom. The van der Waals surface area contributed by atoms with E-state index in [0.717, 1.165) is 24.3 Å². The van der Waals surface area contributed by atoms with Gasteiger partial charge in [0.1, 0.15) is 0 Å². The number of aryl methyl sites for hydroxylation is 1. The van der Waals surface area contributed by atoms with Crippen molar-refractivity contribution >= 4 is 22.6 Å². The van der Waals surface area contributed by atoms with Crippen molar-refractivity contribution in [1.82, 2.24) is 0 Å². The smallest absolute Gasteiger partial charge is 0.221 e. The third-order valence-corrected chi connectivity index (χ3v) is 5.26. The van der Waals surface area contributed by atoms with E-state index in [1.54, 1.807) is 6.07 Å². The van der Waals surface area contributed by atoms with Gasteiger partial charge >= 0.3 is 23.9 Å². The Hall–Kier alpha value is -1.97. The lowest BCUT2D eigenvalue weighted by Gasteiger charge is -2.37. The van der Waals surface area contributed by atoms with Crippen LogP contribution in [0, 0.1) is 14.9 Å². The third kappa shape index (κ3) is 3.86. The maximum Gasteiger partial charge on any atom is 0.457 e. The van der Waals surface area contributed by atoms with Gasteiger partial charge in [0.15, 0.2) is 0 Å². The average Bonchev–Trinajstić information content (AvgIpc) is 2.64. The van der Waals surface area contributed by atoms with Crippen LogP contribution in [-0.4, -0.2) is 18.3 Å². The highest BCUT2D eigenvalue weighted by Gasteiger charge is 2.82. The first kappa shape index (κ1) is 24.3. The van der Waals surface area contributed by atoms with E-state index < -0.39 is 35.1 Å². The van der Waals surface area contributed by atoms with Crippen LogP contribution in [0.4, 0.5) is 39.5 Å². The first-order chi connectivity index (χ1) is 13.6. The van der Waals surface area contributed by atoms with E-state index >= 15 is 4.39 Å². The molecule has 2 aromatic rings. The van der Waals surface area contributed by atoms with E-state index in [0.29, 0.717) is 6.07 Å². The van der Waals surface area contributed by atoms with Gasteiger partial charge in [-0.25, -0.2) is 4.39 Å². The van der Waals surface area contributed by atoms with Gasteiger partial charge in [0.25, 0.3) is 0 Å². The lowest BCUT2D eigenvalue weighted by molar-refractivity contribution is -0.389. The Bertz CT molecular complexity index is 972. The monoisotopic (exact) mass is 551 g/mol. The van der Waals surface area contributed by atoms with Crippen molar-refractivity contribution in [2.24, 2.45) is 0 Å². The van der Waals surface area contributed by atoms with Gasteiger partial charge in [0.05, 0.1) is 11.6 Å². The van der Waals surface area contributed by atoms with Crippen molar-refractivity contribution in [2.75, 3.05) is 0 Å². The van der Waals surface area contributed by atoms with Gasteiger partial charge in [-0.05, 0) is 58.3 Å². The average molecular weight is 551 g/mol. The van der Waals surface area contributed by atoms with Crippen molar-refractivity contribution in [1.29, 1.82) is 5.26 Å². The van der Waals surface area contributed by atoms with E-state index in [4.69, 9.17) is 5.26 Å². The molecule has 0 spiro atoms. The highest BCUT2D eigenvalue weighted by Crippen LogP contribution is 2.60. The summed E-state index contributed by atoms with van der Waals surface area (Å²) in [6.45, 7) is 1.42. The number of hydrogen-bond acceptors (Lipinski definition) is 1. The molecule has 0 amide bonds. The Kier molecular flexibility index (Phi) is 6.43. The number of rotatable bonds is 4. The number of halogens is 10. The molecule has 0 radical (unpaired) electrons. The minimum Gasteiger partial charge on any atom is -0.221 e. The Morgan fingerprint density at radius 3 is 1.80 bits per heavy atom. The van der Waals surface area contributed by atoms with Crippen molar-refractivity contribution in [3.8, 4) is 17.2 Å². The lowest BCUT2D eigenvalue weighted by Crippen LogP contribution is -2.60. The van der Waals surface area contributed by atoms with E-state index in [1.165, 1.54) is 35.6 Å². The van der Waals surface area contributed by atoms with Gasteiger partial charge in [-0.3, -0.25) is 0 Å². The van der Waals surface area contributed by atoms with Gasteiger partial charge in [-0.15, -0.1) is 0 Å². The standard InChI is InChI=1S/C19H11F9IN/c1-2-10-7-13(16(20,18(23,24)25)17(21,22)19(26,27)28)15(14(29)8-10)12-5-3-11(9-30)4-6-12/h3-8H,2H2,1H3. The zero-order valence-corrected chi connectivity index (χ0v) is 17.1. The highest BCUT2D eigenvalue weighted by molar-refractivity contribution is 14.1. The summed E-state index contributed by atoms with van der Waals surface area (Å²) >= 11 is 1.45. The molecule has 0 saturated heterocycles. The van der Waals surface area contributed by atoms with Crippen LogP contribution in [0.15, 0.2) is 36.4 Å². The van der Waals surface area contributed by atoms with Crippen LogP contribution in [-0.2, 0) is 12.1 Å². The van der Waals surface area contributed by atoms with Crippen LogP contribution in [0.2, 0.25) is 0 Å². The molecule has 1 nitrogen and oxygen atoms in total. The largest absolute Gasteiger partial charge is 0.457 e. The summed E-state index contributed by atoms with van der Waals surface area (Å²) < 4.78 is 123. The van der Waals surface area contributed by atoms with Crippen LogP contribution >= 0.6 is 22.6 Å². The first-order valence-electron chi connectivity index (χ1n) is 8.15. The molecule has 0 aromatic heterocycles. The molecular formula is C19H11F9IN. The molecule has 1 atom stereocenters. The van der Waals surface area contributed by atoms with Crippen LogP contribution in [0.5, 0.6) is 0 Å². The minimum absolute atomic E-state index is 0.0395. The van der Waals surface area contributed by atoms with Crippen LogP contribution in [0.1, 0.15) is 23.6 Å². The molecule has 2 rings (SSSR count). The lowest BCUT2D eigenvalue weighted by atomic mass is 9.81. The highest BCUT2D eigenvalue weighted by atomic mass is 127. The molecule has 0 aliphatic rings. The molecular weight excluding hydrogens is 540 g/mol.